The molecule has 4 nitrogen and oxygen atoms in total. The molecule has 1 aromatic heterocycles. The zero-order valence-corrected chi connectivity index (χ0v) is 11.5. The summed E-state index contributed by atoms with van der Waals surface area (Å²) in [6.45, 7) is 4.10. The van der Waals surface area contributed by atoms with Gasteiger partial charge in [0.15, 0.2) is 0 Å². The lowest BCUT2D eigenvalue weighted by Gasteiger charge is -2.25. The molecule has 0 bridgehead atoms. The molecule has 0 spiro atoms. The van der Waals surface area contributed by atoms with E-state index in [1.54, 1.807) is 23.2 Å². The Kier molecular flexibility index (Phi) is 4.29. The summed E-state index contributed by atoms with van der Waals surface area (Å²) >= 11 is 0. The minimum atomic E-state index is -0.896. The molecule has 0 saturated carbocycles. The number of hydrogen-bond acceptors (Lipinski definition) is 3. The van der Waals surface area contributed by atoms with Gasteiger partial charge < -0.3 is 5.11 Å². The van der Waals surface area contributed by atoms with Crippen LogP contribution in [0.15, 0.2) is 30.5 Å². The van der Waals surface area contributed by atoms with Gasteiger partial charge in [0.1, 0.15) is 5.82 Å². The fourth-order valence-corrected chi connectivity index (χ4v) is 2.16. The van der Waals surface area contributed by atoms with Crippen molar-refractivity contribution in [2.24, 2.45) is 0 Å². The van der Waals surface area contributed by atoms with E-state index < -0.39 is 5.97 Å². The van der Waals surface area contributed by atoms with Crippen molar-refractivity contribution in [3.8, 4) is 0 Å². The molecule has 0 aliphatic heterocycles. The molecule has 20 heavy (non-hydrogen) atoms. The largest absolute Gasteiger partial charge is 0.480 e. The summed E-state index contributed by atoms with van der Waals surface area (Å²) in [6.07, 6.45) is 1.65. The van der Waals surface area contributed by atoms with E-state index in [4.69, 9.17) is 5.11 Å². The number of fused-ring (bicyclic) bond motifs is 1. The van der Waals surface area contributed by atoms with Gasteiger partial charge in [-0.2, -0.15) is 0 Å². The number of halogens is 1. The number of carboxylic acids is 1. The molecule has 0 unspecified atom stereocenters. The van der Waals surface area contributed by atoms with E-state index in [9.17, 15) is 9.18 Å². The van der Waals surface area contributed by atoms with Crippen LogP contribution in [0.25, 0.3) is 10.9 Å². The first kappa shape index (κ1) is 14.4. The van der Waals surface area contributed by atoms with E-state index in [2.05, 4.69) is 4.98 Å². The Bertz CT molecular complexity index is 628. The third-order valence-corrected chi connectivity index (χ3v) is 3.19. The highest BCUT2D eigenvalue weighted by molar-refractivity contribution is 5.81. The molecule has 1 N–H and O–H groups in total. The van der Waals surface area contributed by atoms with Gasteiger partial charge in [-0.15, -0.1) is 0 Å². The first-order valence-electron chi connectivity index (χ1n) is 6.46. The summed E-state index contributed by atoms with van der Waals surface area (Å²) < 4.78 is 13.6. The number of pyridine rings is 1. The van der Waals surface area contributed by atoms with Crippen LogP contribution >= 0.6 is 0 Å². The zero-order chi connectivity index (χ0) is 14.7. The van der Waals surface area contributed by atoms with Gasteiger partial charge in [-0.3, -0.25) is 14.7 Å². The van der Waals surface area contributed by atoms with Crippen LogP contribution in [0.3, 0.4) is 0 Å². The first-order chi connectivity index (χ1) is 9.47. The lowest BCUT2D eigenvalue weighted by molar-refractivity contribution is -0.138. The number of aromatic nitrogens is 1. The van der Waals surface area contributed by atoms with E-state index in [1.165, 1.54) is 12.1 Å². The smallest absolute Gasteiger partial charge is 0.317 e. The average Bonchev–Trinajstić information content (AvgIpc) is 2.37. The molecule has 0 fully saturated rings. The summed E-state index contributed by atoms with van der Waals surface area (Å²) in [5.74, 6) is -1.23. The number of nitrogens with zero attached hydrogens (tertiary/aromatic N) is 2. The Morgan fingerprint density at radius 2 is 2.20 bits per heavy atom. The molecule has 1 heterocycles. The Balaban J connectivity index is 2.38. The van der Waals surface area contributed by atoms with Gasteiger partial charge in [-0.1, -0.05) is 6.07 Å². The Morgan fingerprint density at radius 3 is 2.85 bits per heavy atom. The monoisotopic (exact) mass is 276 g/mol. The van der Waals surface area contributed by atoms with Crippen LogP contribution in [0, 0.1) is 5.82 Å². The maximum absolute atomic E-state index is 13.6. The van der Waals surface area contributed by atoms with Gasteiger partial charge in [0.25, 0.3) is 0 Å². The molecule has 0 aliphatic carbocycles. The van der Waals surface area contributed by atoms with E-state index in [0.717, 1.165) is 5.39 Å². The second-order valence-corrected chi connectivity index (χ2v) is 5.03. The van der Waals surface area contributed by atoms with Crippen LogP contribution in [0.1, 0.15) is 19.4 Å². The van der Waals surface area contributed by atoms with Crippen molar-refractivity contribution in [3.63, 3.8) is 0 Å². The van der Waals surface area contributed by atoms with Gasteiger partial charge in [0.2, 0.25) is 0 Å². The number of hydrogen-bond donors (Lipinski definition) is 1. The standard InChI is InChI=1S/C15H17FN2O2/c1-10(2)18(9-14(19)20)8-12-7-13(16)6-11-4-3-5-17-15(11)12/h3-7,10H,8-9H2,1-2H3,(H,19,20). The third-order valence-electron chi connectivity index (χ3n) is 3.19. The van der Waals surface area contributed by atoms with Gasteiger partial charge >= 0.3 is 5.97 Å². The molecule has 106 valence electrons. The summed E-state index contributed by atoms with van der Waals surface area (Å²) in [4.78, 5) is 16.9. The topological polar surface area (TPSA) is 53.4 Å². The zero-order valence-electron chi connectivity index (χ0n) is 11.5. The summed E-state index contributed by atoms with van der Waals surface area (Å²) in [5.41, 5.74) is 1.42. The van der Waals surface area contributed by atoms with Crippen molar-refractivity contribution in [2.75, 3.05) is 6.54 Å². The summed E-state index contributed by atoms with van der Waals surface area (Å²) in [5, 5.41) is 9.67. The first-order valence-corrected chi connectivity index (χ1v) is 6.46. The minimum Gasteiger partial charge on any atom is -0.480 e. The highest BCUT2D eigenvalue weighted by Gasteiger charge is 2.16. The molecule has 0 radical (unpaired) electrons. The van der Waals surface area contributed by atoms with E-state index in [0.29, 0.717) is 17.6 Å². The maximum Gasteiger partial charge on any atom is 0.317 e. The van der Waals surface area contributed by atoms with Crippen LogP contribution in [0.5, 0.6) is 0 Å². The SMILES string of the molecule is CC(C)N(CC(=O)O)Cc1cc(F)cc2cccnc12. The van der Waals surface area contributed by atoms with Crippen molar-refractivity contribution >= 4 is 16.9 Å². The highest BCUT2D eigenvalue weighted by Crippen LogP contribution is 2.20. The average molecular weight is 276 g/mol. The molecule has 2 rings (SSSR count). The van der Waals surface area contributed by atoms with Gasteiger partial charge in [0, 0.05) is 24.2 Å². The lowest BCUT2D eigenvalue weighted by atomic mass is 10.1. The summed E-state index contributed by atoms with van der Waals surface area (Å²) in [7, 11) is 0. The minimum absolute atomic E-state index is 0.0492. The van der Waals surface area contributed by atoms with E-state index in [-0.39, 0.29) is 18.4 Å². The molecule has 0 saturated heterocycles. The Morgan fingerprint density at radius 1 is 1.45 bits per heavy atom. The van der Waals surface area contributed by atoms with Crippen molar-refractivity contribution in [1.29, 1.82) is 0 Å². The fourth-order valence-electron chi connectivity index (χ4n) is 2.16. The van der Waals surface area contributed by atoms with Crippen LogP contribution in [-0.4, -0.2) is 33.5 Å². The normalized spacial score (nSPS) is 11.4. The molecule has 1 aromatic carbocycles. The van der Waals surface area contributed by atoms with E-state index in [1.807, 2.05) is 13.8 Å². The van der Waals surface area contributed by atoms with Gasteiger partial charge in [-0.25, -0.2) is 4.39 Å². The number of carbonyl (C=O) groups is 1. The predicted octanol–water partition coefficient (Wildman–Crippen LogP) is 2.67. The second-order valence-electron chi connectivity index (χ2n) is 5.03. The van der Waals surface area contributed by atoms with Gasteiger partial charge in [0.05, 0.1) is 12.1 Å². The maximum atomic E-state index is 13.6. The third kappa shape index (κ3) is 3.30. The molecule has 0 aliphatic rings. The number of aliphatic carboxylic acids is 1. The number of benzene rings is 1. The molecule has 0 amide bonds. The summed E-state index contributed by atoms with van der Waals surface area (Å²) in [6, 6.07) is 6.46. The second kappa shape index (κ2) is 5.96. The highest BCUT2D eigenvalue weighted by atomic mass is 19.1. The molecule has 2 aromatic rings. The predicted molar refractivity (Wildman–Crippen MR) is 74.9 cm³/mol. The van der Waals surface area contributed by atoms with Crippen LogP contribution in [0.2, 0.25) is 0 Å². The van der Waals surface area contributed by atoms with Crippen molar-refractivity contribution < 1.29 is 14.3 Å². The molecule has 0 atom stereocenters. The van der Waals surface area contributed by atoms with Gasteiger partial charge in [-0.05, 0) is 37.6 Å². The quantitative estimate of drug-likeness (QED) is 0.912. The van der Waals surface area contributed by atoms with Crippen molar-refractivity contribution in [2.45, 2.75) is 26.4 Å². The lowest BCUT2D eigenvalue weighted by Crippen LogP contribution is -2.35. The Labute approximate surface area is 116 Å². The fraction of sp³-hybridized carbons (Fsp3) is 0.333. The van der Waals surface area contributed by atoms with Crippen LogP contribution in [0.4, 0.5) is 4.39 Å². The van der Waals surface area contributed by atoms with Crippen LogP contribution in [-0.2, 0) is 11.3 Å². The number of carboxylic acid groups (broad SMARTS) is 1. The Hall–Kier alpha value is -2.01. The molecule has 5 heteroatoms. The van der Waals surface area contributed by atoms with Crippen molar-refractivity contribution in [1.82, 2.24) is 9.88 Å². The molecular formula is C15H17FN2O2. The molecular weight excluding hydrogens is 259 g/mol. The number of rotatable bonds is 5. The van der Waals surface area contributed by atoms with Crippen LogP contribution < -0.4 is 0 Å². The van der Waals surface area contributed by atoms with E-state index >= 15 is 0 Å². The van der Waals surface area contributed by atoms with Crippen molar-refractivity contribution in [3.05, 3.63) is 41.8 Å².